The van der Waals surface area contributed by atoms with Crippen molar-refractivity contribution in [3.63, 3.8) is 0 Å². The number of benzene rings is 2. The van der Waals surface area contributed by atoms with Crippen LogP contribution in [0.5, 0.6) is 0 Å². The van der Waals surface area contributed by atoms with E-state index < -0.39 is 5.97 Å². The first-order chi connectivity index (χ1) is 11.1. The summed E-state index contributed by atoms with van der Waals surface area (Å²) in [6.07, 6.45) is 0. The Labute approximate surface area is 136 Å². The number of carboxylic acid groups (broad SMARTS) is 1. The number of aliphatic carboxylic acids is 1. The number of rotatable bonds is 5. The minimum atomic E-state index is -0.957. The highest BCUT2D eigenvalue weighted by Gasteiger charge is 2.18. The second-order valence-electron chi connectivity index (χ2n) is 4.72. The first-order valence-corrected chi connectivity index (χ1v) is 7.79. The van der Waals surface area contributed by atoms with Crippen molar-refractivity contribution in [2.24, 2.45) is 0 Å². The Bertz CT molecular complexity index is 833. The van der Waals surface area contributed by atoms with Gasteiger partial charge in [-0.15, -0.1) is 0 Å². The molecule has 116 valence electrons. The maximum absolute atomic E-state index is 13.5. The summed E-state index contributed by atoms with van der Waals surface area (Å²) in [5, 5.41) is 9.02. The van der Waals surface area contributed by atoms with Gasteiger partial charge < -0.3 is 9.52 Å². The second-order valence-corrected chi connectivity index (χ2v) is 5.64. The average molecular weight is 329 g/mol. The first-order valence-electron chi connectivity index (χ1n) is 6.80. The van der Waals surface area contributed by atoms with E-state index in [9.17, 15) is 9.18 Å². The van der Waals surface area contributed by atoms with Gasteiger partial charge in [-0.25, -0.2) is 9.37 Å². The Hall–Kier alpha value is -2.60. The smallest absolute Gasteiger partial charge is 0.314 e. The fraction of sp³-hybridized carbons (Fsp3) is 0.0588. The van der Waals surface area contributed by atoms with E-state index in [2.05, 4.69) is 4.98 Å². The molecule has 4 nitrogen and oxygen atoms in total. The Kier molecular flexibility index (Phi) is 4.43. The van der Waals surface area contributed by atoms with Gasteiger partial charge in [0.1, 0.15) is 17.3 Å². The summed E-state index contributed by atoms with van der Waals surface area (Å²) >= 11 is 0.986. The third-order valence-electron chi connectivity index (χ3n) is 3.06. The summed E-state index contributed by atoms with van der Waals surface area (Å²) in [6.45, 7) is 0. The summed E-state index contributed by atoms with van der Waals surface area (Å²) < 4.78 is 19.2. The number of hydrogen-bond acceptors (Lipinski definition) is 4. The van der Waals surface area contributed by atoms with E-state index in [-0.39, 0.29) is 16.8 Å². The third-order valence-corrected chi connectivity index (χ3v) is 3.87. The van der Waals surface area contributed by atoms with Crippen molar-refractivity contribution in [2.75, 3.05) is 5.75 Å². The van der Waals surface area contributed by atoms with E-state index in [1.54, 1.807) is 12.1 Å². The molecule has 0 radical (unpaired) electrons. The van der Waals surface area contributed by atoms with Crippen LogP contribution >= 0.6 is 11.8 Å². The van der Waals surface area contributed by atoms with Gasteiger partial charge in [0, 0.05) is 11.1 Å². The van der Waals surface area contributed by atoms with Crippen molar-refractivity contribution in [3.8, 4) is 22.6 Å². The molecule has 0 aliphatic heterocycles. The second kappa shape index (κ2) is 6.66. The highest BCUT2D eigenvalue weighted by atomic mass is 32.2. The van der Waals surface area contributed by atoms with Gasteiger partial charge in [-0.1, -0.05) is 54.2 Å². The molecule has 0 amide bonds. The molecular formula is C17H12FNO3S. The van der Waals surface area contributed by atoms with Crippen molar-refractivity contribution >= 4 is 17.7 Å². The number of halogens is 1. The minimum Gasteiger partial charge on any atom is -0.481 e. The van der Waals surface area contributed by atoms with Crippen molar-refractivity contribution in [1.29, 1.82) is 0 Å². The van der Waals surface area contributed by atoms with E-state index in [0.717, 1.165) is 17.3 Å². The highest BCUT2D eigenvalue weighted by molar-refractivity contribution is 7.99. The van der Waals surface area contributed by atoms with Crippen LogP contribution in [-0.2, 0) is 4.79 Å². The molecule has 0 unspecified atom stereocenters. The van der Waals surface area contributed by atoms with E-state index in [1.165, 1.54) is 12.1 Å². The number of carboxylic acids is 1. The zero-order chi connectivity index (χ0) is 16.2. The molecule has 0 saturated heterocycles. The van der Waals surface area contributed by atoms with Gasteiger partial charge in [-0.05, 0) is 12.1 Å². The number of hydrogen-bond donors (Lipinski definition) is 1. The SMILES string of the molecule is O=C(O)CSc1nc(-c2cccc(F)c2)c(-c2ccccc2)o1. The van der Waals surface area contributed by atoms with Gasteiger partial charge >= 0.3 is 5.97 Å². The molecule has 1 heterocycles. The van der Waals surface area contributed by atoms with Gasteiger partial charge in [0.15, 0.2) is 5.76 Å². The lowest BCUT2D eigenvalue weighted by atomic mass is 10.1. The lowest BCUT2D eigenvalue weighted by Crippen LogP contribution is -1.97. The summed E-state index contributed by atoms with van der Waals surface area (Å²) in [7, 11) is 0. The molecule has 3 aromatic rings. The van der Waals surface area contributed by atoms with Crippen LogP contribution in [-0.4, -0.2) is 21.8 Å². The minimum absolute atomic E-state index is 0.155. The monoisotopic (exact) mass is 329 g/mol. The fourth-order valence-corrected chi connectivity index (χ4v) is 2.65. The topological polar surface area (TPSA) is 63.3 Å². The van der Waals surface area contributed by atoms with Crippen molar-refractivity contribution < 1.29 is 18.7 Å². The van der Waals surface area contributed by atoms with E-state index in [0.29, 0.717) is 17.0 Å². The number of carbonyl (C=O) groups is 1. The van der Waals surface area contributed by atoms with Crippen LogP contribution in [0, 0.1) is 5.82 Å². The number of aromatic nitrogens is 1. The van der Waals surface area contributed by atoms with Crippen molar-refractivity contribution in [1.82, 2.24) is 4.98 Å². The molecule has 3 rings (SSSR count). The summed E-state index contributed by atoms with van der Waals surface area (Å²) in [6, 6.07) is 15.4. The molecule has 0 saturated carbocycles. The number of oxazole rings is 1. The molecule has 1 aromatic heterocycles. The van der Waals surface area contributed by atoms with Crippen LogP contribution in [0.2, 0.25) is 0 Å². The molecular weight excluding hydrogens is 317 g/mol. The molecule has 0 fully saturated rings. The van der Waals surface area contributed by atoms with Crippen LogP contribution < -0.4 is 0 Å². The number of nitrogens with zero attached hydrogens (tertiary/aromatic N) is 1. The first kappa shape index (κ1) is 15.3. The Morgan fingerprint density at radius 3 is 2.57 bits per heavy atom. The maximum Gasteiger partial charge on any atom is 0.314 e. The van der Waals surface area contributed by atoms with E-state index >= 15 is 0 Å². The maximum atomic E-state index is 13.5. The Balaban J connectivity index is 2.07. The lowest BCUT2D eigenvalue weighted by Gasteiger charge is -2.01. The molecule has 6 heteroatoms. The molecule has 1 N–H and O–H groups in total. The average Bonchev–Trinajstić information content (AvgIpc) is 2.98. The fourth-order valence-electron chi connectivity index (χ4n) is 2.10. The zero-order valence-corrected chi connectivity index (χ0v) is 12.7. The molecule has 0 aliphatic rings. The van der Waals surface area contributed by atoms with Crippen LogP contribution in [0.15, 0.2) is 64.2 Å². The summed E-state index contributed by atoms with van der Waals surface area (Å²) in [5.41, 5.74) is 1.86. The standard InChI is InChI=1S/C17H12FNO3S/c18-13-8-4-7-12(9-13)15-16(11-5-2-1-3-6-11)22-17(19-15)23-10-14(20)21/h1-9H,10H2,(H,20,21). The summed E-state index contributed by atoms with van der Waals surface area (Å²) in [4.78, 5) is 15.0. The molecule has 0 atom stereocenters. The largest absolute Gasteiger partial charge is 0.481 e. The Morgan fingerprint density at radius 1 is 1.13 bits per heavy atom. The molecule has 0 bridgehead atoms. The van der Waals surface area contributed by atoms with Crippen LogP contribution in [0.3, 0.4) is 0 Å². The molecule has 0 aliphatic carbocycles. The molecule has 2 aromatic carbocycles. The molecule has 23 heavy (non-hydrogen) atoms. The lowest BCUT2D eigenvalue weighted by molar-refractivity contribution is -0.133. The summed E-state index contributed by atoms with van der Waals surface area (Å²) in [5.74, 6) is -0.993. The van der Waals surface area contributed by atoms with Crippen LogP contribution in [0.25, 0.3) is 22.6 Å². The third kappa shape index (κ3) is 3.60. The van der Waals surface area contributed by atoms with E-state index in [1.807, 2.05) is 30.3 Å². The predicted molar refractivity (Wildman–Crippen MR) is 85.7 cm³/mol. The highest BCUT2D eigenvalue weighted by Crippen LogP contribution is 2.35. The number of thioether (sulfide) groups is 1. The van der Waals surface area contributed by atoms with Gasteiger partial charge in [-0.2, -0.15) is 0 Å². The zero-order valence-electron chi connectivity index (χ0n) is 11.9. The van der Waals surface area contributed by atoms with Crippen LogP contribution in [0.1, 0.15) is 0 Å². The van der Waals surface area contributed by atoms with Crippen LogP contribution in [0.4, 0.5) is 4.39 Å². The Morgan fingerprint density at radius 2 is 1.87 bits per heavy atom. The van der Waals surface area contributed by atoms with Crippen molar-refractivity contribution in [2.45, 2.75) is 5.22 Å². The van der Waals surface area contributed by atoms with Gasteiger partial charge in [-0.3, -0.25) is 4.79 Å². The normalized spacial score (nSPS) is 10.7. The van der Waals surface area contributed by atoms with E-state index in [4.69, 9.17) is 9.52 Å². The van der Waals surface area contributed by atoms with Gasteiger partial charge in [0.2, 0.25) is 0 Å². The van der Waals surface area contributed by atoms with Gasteiger partial charge in [0.25, 0.3) is 5.22 Å². The van der Waals surface area contributed by atoms with Gasteiger partial charge in [0.05, 0.1) is 0 Å². The molecule has 0 spiro atoms. The predicted octanol–water partition coefficient (Wildman–Crippen LogP) is 4.32. The quantitative estimate of drug-likeness (QED) is 0.706. The van der Waals surface area contributed by atoms with Crippen molar-refractivity contribution in [3.05, 3.63) is 60.4 Å².